The van der Waals surface area contributed by atoms with Crippen molar-refractivity contribution >= 4 is 6.09 Å². The summed E-state index contributed by atoms with van der Waals surface area (Å²) in [7, 11) is 0. The van der Waals surface area contributed by atoms with Gasteiger partial charge in [0, 0.05) is 6.42 Å². The minimum atomic E-state index is -1.39. The number of aliphatic hydroxyl groups is 1. The smallest absolute Gasteiger partial charge is 0.410 e. The molecule has 6 heteroatoms. The fourth-order valence-corrected chi connectivity index (χ4v) is 1.73. The van der Waals surface area contributed by atoms with Crippen LogP contribution in [0.1, 0.15) is 27.2 Å². The topological polar surface area (TPSA) is 73.6 Å². The second kappa shape index (κ2) is 4.88. The van der Waals surface area contributed by atoms with E-state index in [-0.39, 0.29) is 13.0 Å². The molecule has 1 unspecified atom stereocenters. The van der Waals surface area contributed by atoms with Crippen molar-refractivity contribution in [3.8, 4) is 6.07 Å². The quantitative estimate of drug-likeness (QED) is 0.704. The normalized spacial score (nSPS) is 26.5. The molecule has 1 fully saturated rings. The number of likely N-dealkylation sites (tertiary alicyclic amines) is 1. The van der Waals surface area contributed by atoms with E-state index in [1.165, 1.54) is 0 Å². The van der Waals surface area contributed by atoms with E-state index in [2.05, 4.69) is 0 Å². The van der Waals surface area contributed by atoms with E-state index in [0.717, 1.165) is 4.90 Å². The zero-order valence-electron chi connectivity index (χ0n) is 10.2. The maximum absolute atomic E-state index is 13.2. The molecule has 0 aromatic rings. The van der Waals surface area contributed by atoms with Crippen LogP contribution in [0.5, 0.6) is 0 Å². The highest BCUT2D eigenvalue weighted by Crippen LogP contribution is 2.25. The van der Waals surface area contributed by atoms with Crippen LogP contribution in [0.2, 0.25) is 0 Å². The highest BCUT2D eigenvalue weighted by atomic mass is 19.1. The van der Waals surface area contributed by atoms with E-state index < -0.39 is 30.0 Å². The van der Waals surface area contributed by atoms with E-state index in [9.17, 15) is 14.3 Å². The molecule has 1 aliphatic heterocycles. The van der Waals surface area contributed by atoms with E-state index in [0.29, 0.717) is 0 Å². The Labute approximate surface area is 99.8 Å². The van der Waals surface area contributed by atoms with Crippen LogP contribution in [-0.4, -0.2) is 46.6 Å². The lowest BCUT2D eigenvalue weighted by molar-refractivity contribution is 0.0117. The molecule has 0 spiro atoms. The summed E-state index contributed by atoms with van der Waals surface area (Å²) in [5.41, 5.74) is -0.687. The predicted molar refractivity (Wildman–Crippen MR) is 57.9 cm³/mol. The van der Waals surface area contributed by atoms with E-state index >= 15 is 0 Å². The largest absolute Gasteiger partial charge is 0.444 e. The standard InChI is InChI=1S/C11H17FN2O3/c1-11(2,3)17-10(16)14-6-7(12)4-8(14)9(15)5-13/h7-9,15H,4,6H2,1-3H3/t7-,8+,9?/m0/s1. The van der Waals surface area contributed by atoms with E-state index in [1.807, 2.05) is 0 Å². The predicted octanol–water partition coefficient (Wildman–Crippen LogP) is 1.22. The minimum absolute atomic E-state index is 0.0338. The van der Waals surface area contributed by atoms with Crippen molar-refractivity contribution in [1.82, 2.24) is 4.90 Å². The van der Waals surface area contributed by atoms with Crippen molar-refractivity contribution in [1.29, 1.82) is 5.26 Å². The van der Waals surface area contributed by atoms with Crippen LogP contribution in [-0.2, 0) is 4.74 Å². The summed E-state index contributed by atoms with van der Waals surface area (Å²) < 4.78 is 18.3. The van der Waals surface area contributed by atoms with Crippen LogP contribution in [0.4, 0.5) is 9.18 Å². The van der Waals surface area contributed by atoms with Crippen LogP contribution >= 0.6 is 0 Å². The molecule has 1 saturated heterocycles. The number of carbonyl (C=O) groups is 1. The van der Waals surface area contributed by atoms with Crippen molar-refractivity contribution in [2.24, 2.45) is 0 Å². The maximum atomic E-state index is 13.2. The number of rotatable bonds is 1. The van der Waals surface area contributed by atoms with Gasteiger partial charge in [-0.2, -0.15) is 5.26 Å². The lowest BCUT2D eigenvalue weighted by Gasteiger charge is -2.28. The van der Waals surface area contributed by atoms with Gasteiger partial charge in [0.05, 0.1) is 18.7 Å². The van der Waals surface area contributed by atoms with E-state index in [4.69, 9.17) is 10.00 Å². The molecule has 0 aliphatic carbocycles. The van der Waals surface area contributed by atoms with Crippen LogP contribution < -0.4 is 0 Å². The summed E-state index contributed by atoms with van der Waals surface area (Å²) in [6, 6.07) is 0.786. The molecule has 0 radical (unpaired) electrons. The zero-order valence-corrected chi connectivity index (χ0v) is 10.2. The first kappa shape index (κ1) is 13.7. The number of hydrogen-bond donors (Lipinski definition) is 1. The number of nitrogens with zero attached hydrogens (tertiary/aromatic N) is 2. The van der Waals surface area contributed by atoms with Gasteiger partial charge in [-0.3, -0.25) is 4.90 Å². The molecule has 1 heterocycles. The average molecular weight is 244 g/mol. The Hall–Kier alpha value is -1.35. The van der Waals surface area contributed by atoms with Gasteiger partial charge in [-0.05, 0) is 20.8 Å². The van der Waals surface area contributed by atoms with Gasteiger partial charge in [-0.15, -0.1) is 0 Å². The SMILES string of the molecule is CC(C)(C)OC(=O)N1C[C@@H](F)C[C@@H]1C(O)C#N. The molecule has 3 atom stereocenters. The number of halogens is 1. The lowest BCUT2D eigenvalue weighted by atomic mass is 10.1. The second-order valence-electron chi connectivity index (χ2n) is 5.11. The van der Waals surface area contributed by atoms with Crippen LogP contribution in [0.3, 0.4) is 0 Å². The number of hydrogen-bond acceptors (Lipinski definition) is 4. The molecule has 1 amide bonds. The Balaban J connectivity index is 2.74. The Morgan fingerprint density at radius 3 is 2.71 bits per heavy atom. The first-order valence-corrected chi connectivity index (χ1v) is 5.46. The Morgan fingerprint density at radius 1 is 1.65 bits per heavy atom. The molecule has 1 aliphatic rings. The fourth-order valence-electron chi connectivity index (χ4n) is 1.73. The molecule has 0 saturated carbocycles. The summed E-state index contributed by atoms with van der Waals surface area (Å²) in [6.07, 6.45) is -3.34. The third kappa shape index (κ3) is 3.56. The minimum Gasteiger partial charge on any atom is -0.444 e. The molecule has 1 rings (SSSR count). The summed E-state index contributed by atoms with van der Waals surface area (Å²) >= 11 is 0. The van der Waals surface area contributed by atoms with Gasteiger partial charge in [-0.1, -0.05) is 0 Å². The Bertz CT molecular complexity index is 335. The van der Waals surface area contributed by atoms with Gasteiger partial charge < -0.3 is 9.84 Å². The second-order valence-corrected chi connectivity index (χ2v) is 5.11. The van der Waals surface area contributed by atoms with Gasteiger partial charge in [-0.25, -0.2) is 9.18 Å². The van der Waals surface area contributed by atoms with Gasteiger partial charge in [0.15, 0.2) is 6.10 Å². The lowest BCUT2D eigenvalue weighted by Crippen LogP contribution is -2.44. The van der Waals surface area contributed by atoms with Gasteiger partial charge in [0.1, 0.15) is 11.8 Å². The van der Waals surface area contributed by atoms with Crippen molar-refractivity contribution in [2.45, 2.75) is 51.1 Å². The summed E-state index contributed by atoms with van der Waals surface area (Å²) in [6.45, 7) is 4.95. The van der Waals surface area contributed by atoms with Crippen molar-refractivity contribution in [2.75, 3.05) is 6.54 Å². The van der Waals surface area contributed by atoms with Crippen molar-refractivity contribution < 1.29 is 19.0 Å². The zero-order chi connectivity index (χ0) is 13.2. The molecule has 0 aromatic carbocycles. The Morgan fingerprint density at radius 2 is 2.24 bits per heavy atom. The monoisotopic (exact) mass is 244 g/mol. The number of aliphatic hydroxyl groups excluding tert-OH is 1. The van der Waals surface area contributed by atoms with E-state index in [1.54, 1.807) is 26.8 Å². The number of ether oxygens (including phenoxy) is 1. The molecule has 17 heavy (non-hydrogen) atoms. The Kier molecular flexibility index (Phi) is 3.94. The van der Waals surface area contributed by atoms with Gasteiger partial charge in [0.25, 0.3) is 0 Å². The fraction of sp³-hybridized carbons (Fsp3) is 0.818. The maximum Gasteiger partial charge on any atom is 0.410 e. The first-order chi connectivity index (χ1) is 7.74. The number of amides is 1. The third-order valence-corrected chi connectivity index (χ3v) is 2.42. The molecular weight excluding hydrogens is 227 g/mol. The van der Waals surface area contributed by atoms with Crippen molar-refractivity contribution in [3.05, 3.63) is 0 Å². The molecule has 1 N–H and O–H groups in total. The number of alkyl halides is 1. The third-order valence-electron chi connectivity index (χ3n) is 2.42. The average Bonchev–Trinajstić information content (AvgIpc) is 2.56. The summed E-state index contributed by atoms with van der Waals surface area (Å²) in [5.74, 6) is 0. The van der Waals surface area contributed by atoms with Gasteiger partial charge >= 0.3 is 6.09 Å². The van der Waals surface area contributed by atoms with Crippen LogP contribution in [0, 0.1) is 11.3 Å². The van der Waals surface area contributed by atoms with Crippen LogP contribution in [0.15, 0.2) is 0 Å². The molecule has 0 bridgehead atoms. The molecule has 5 nitrogen and oxygen atoms in total. The van der Waals surface area contributed by atoms with Gasteiger partial charge in [0.2, 0.25) is 0 Å². The molecule has 0 aromatic heterocycles. The molecule has 96 valence electrons. The summed E-state index contributed by atoms with van der Waals surface area (Å²) in [5, 5.41) is 18.0. The van der Waals surface area contributed by atoms with Crippen molar-refractivity contribution in [3.63, 3.8) is 0 Å². The molecular formula is C11H17FN2O3. The number of carbonyl (C=O) groups excluding carboxylic acids is 1. The highest BCUT2D eigenvalue weighted by Gasteiger charge is 2.41. The summed E-state index contributed by atoms with van der Waals surface area (Å²) in [4.78, 5) is 12.8. The van der Waals surface area contributed by atoms with Crippen LogP contribution in [0.25, 0.3) is 0 Å². The first-order valence-electron chi connectivity index (χ1n) is 5.46. The highest BCUT2D eigenvalue weighted by molar-refractivity contribution is 5.69. The number of nitriles is 1.